The molecule has 2 rings (SSSR count). The molecule has 1 aromatic heterocycles. The van der Waals surface area contributed by atoms with Crippen LogP contribution < -0.4 is 9.46 Å². The molecule has 0 aliphatic heterocycles. The molecular weight excluding hydrogens is 320 g/mol. The van der Waals surface area contributed by atoms with Gasteiger partial charge in [-0.05, 0) is 24.3 Å². The van der Waals surface area contributed by atoms with Crippen molar-refractivity contribution in [1.29, 1.82) is 0 Å². The smallest absolute Gasteiger partial charge is 0.311 e. The largest absolute Gasteiger partial charge is 0.497 e. The molecule has 1 N–H and O–H groups in total. The summed E-state index contributed by atoms with van der Waals surface area (Å²) in [6.07, 6.45) is -0.0365. The van der Waals surface area contributed by atoms with Crippen LogP contribution in [0.4, 0.5) is 5.82 Å². The van der Waals surface area contributed by atoms with E-state index < -0.39 is 16.0 Å². The quantitative estimate of drug-likeness (QED) is 0.805. The van der Waals surface area contributed by atoms with Gasteiger partial charge < -0.3 is 9.47 Å². The standard InChI is InChI=1S/C15H16N2O5S/c1-21-12-6-4-7-13(10-12)23(19,20)17-14-8-3-5-11(16-14)9-15(18)22-2/h3-8,10H,9H2,1-2H3,(H,16,17). The van der Waals surface area contributed by atoms with E-state index in [0.717, 1.165) is 0 Å². The lowest BCUT2D eigenvalue weighted by Crippen LogP contribution is -2.15. The van der Waals surface area contributed by atoms with Crippen molar-refractivity contribution >= 4 is 21.8 Å². The molecule has 23 heavy (non-hydrogen) atoms. The Hall–Kier alpha value is -2.61. The minimum absolute atomic E-state index is 0.0365. The summed E-state index contributed by atoms with van der Waals surface area (Å²) in [4.78, 5) is 15.4. The van der Waals surface area contributed by atoms with Crippen molar-refractivity contribution in [3.05, 3.63) is 48.2 Å². The number of methoxy groups -OCH3 is 2. The van der Waals surface area contributed by atoms with Gasteiger partial charge in [0.2, 0.25) is 0 Å². The Kier molecular flexibility index (Phi) is 5.17. The molecule has 0 saturated heterocycles. The van der Waals surface area contributed by atoms with Gasteiger partial charge in [0.05, 0.1) is 31.2 Å². The lowest BCUT2D eigenvalue weighted by molar-refractivity contribution is -0.139. The average molecular weight is 336 g/mol. The van der Waals surface area contributed by atoms with Crippen molar-refractivity contribution in [2.45, 2.75) is 11.3 Å². The lowest BCUT2D eigenvalue weighted by Gasteiger charge is -2.09. The third-order valence-corrected chi connectivity index (χ3v) is 4.30. The van der Waals surface area contributed by atoms with Crippen LogP contribution in [-0.2, 0) is 26.0 Å². The normalized spacial score (nSPS) is 10.9. The molecule has 0 amide bonds. The number of anilines is 1. The molecule has 122 valence electrons. The zero-order valence-electron chi connectivity index (χ0n) is 12.6. The van der Waals surface area contributed by atoms with Crippen molar-refractivity contribution in [3.63, 3.8) is 0 Å². The van der Waals surface area contributed by atoms with Gasteiger partial charge in [0.25, 0.3) is 10.0 Å². The summed E-state index contributed by atoms with van der Waals surface area (Å²) in [5.74, 6) is 0.0970. The van der Waals surface area contributed by atoms with E-state index in [0.29, 0.717) is 11.4 Å². The molecule has 0 radical (unpaired) electrons. The Balaban J connectivity index is 2.23. The minimum atomic E-state index is -3.81. The molecule has 7 nitrogen and oxygen atoms in total. The van der Waals surface area contributed by atoms with Crippen LogP contribution >= 0.6 is 0 Å². The number of hydrogen-bond acceptors (Lipinski definition) is 6. The molecule has 0 saturated carbocycles. The van der Waals surface area contributed by atoms with Gasteiger partial charge in [0.1, 0.15) is 11.6 Å². The van der Waals surface area contributed by atoms with E-state index in [2.05, 4.69) is 14.4 Å². The van der Waals surface area contributed by atoms with Crippen LogP contribution in [0, 0.1) is 0 Å². The highest BCUT2D eigenvalue weighted by atomic mass is 32.2. The first-order chi connectivity index (χ1) is 10.9. The van der Waals surface area contributed by atoms with Gasteiger partial charge in [0.15, 0.2) is 0 Å². The van der Waals surface area contributed by atoms with Crippen LogP contribution in [0.2, 0.25) is 0 Å². The highest BCUT2D eigenvalue weighted by molar-refractivity contribution is 7.92. The van der Waals surface area contributed by atoms with Crippen LogP contribution in [-0.4, -0.2) is 33.6 Å². The molecular formula is C15H16N2O5S. The predicted molar refractivity (Wildman–Crippen MR) is 83.8 cm³/mol. The minimum Gasteiger partial charge on any atom is -0.497 e. The summed E-state index contributed by atoms with van der Waals surface area (Å²) in [7, 11) is -1.07. The number of benzene rings is 1. The topological polar surface area (TPSA) is 94.6 Å². The summed E-state index contributed by atoms with van der Waals surface area (Å²) in [6.45, 7) is 0. The van der Waals surface area contributed by atoms with Crippen LogP contribution in [0.15, 0.2) is 47.4 Å². The van der Waals surface area contributed by atoms with Gasteiger partial charge in [-0.15, -0.1) is 0 Å². The van der Waals surface area contributed by atoms with Crippen molar-refractivity contribution in [3.8, 4) is 5.75 Å². The lowest BCUT2D eigenvalue weighted by atomic mass is 10.3. The third-order valence-electron chi connectivity index (χ3n) is 2.95. The van der Waals surface area contributed by atoms with Crippen molar-refractivity contribution < 1.29 is 22.7 Å². The molecule has 0 aliphatic rings. The SMILES string of the molecule is COC(=O)Cc1cccc(NS(=O)(=O)c2cccc(OC)c2)n1. The maximum atomic E-state index is 12.4. The second-order valence-corrected chi connectivity index (χ2v) is 6.23. The molecule has 8 heteroatoms. The molecule has 0 spiro atoms. The summed E-state index contributed by atoms with van der Waals surface area (Å²) >= 11 is 0. The number of nitrogens with one attached hydrogen (secondary N) is 1. The number of sulfonamides is 1. The first-order valence-electron chi connectivity index (χ1n) is 6.64. The van der Waals surface area contributed by atoms with E-state index in [-0.39, 0.29) is 17.1 Å². The molecule has 2 aromatic rings. The van der Waals surface area contributed by atoms with E-state index in [1.807, 2.05) is 0 Å². The van der Waals surface area contributed by atoms with Crippen molar-refractivity contribution in [1.82, 2.24) is 4.98 Å². The van der Waals surface area contributed by atoms with Gasteiger partial charge in [0, 0.05) is 6.07 Å². The van der Waals surface area contributed by atoms with E-state index in [1.165, 1.54) is 32.4 Å². The highest BCUT2D eigenvalue weighted by Gasteiger charge is 2.16. The molecule has 0 unspecified atom stereocenters. The number of carbonyl (C=O) groups is 1. The van der Waals surface area contributed by atoms with Crippen LogP contribution in [0.3, 0.4) is 0 Å². The average Bonchev–Trinajstić information content (AvgIpc) is 2.54. The molecule has 0 atom stereocenters. The zero-order chi connectivity index (χ0) is 16.9. The number of carbonyl (C=O) groups excluding carboxylic acids is 1. The second-order valence-electron chi connectivity index (χ2n) is 4.55. The summed E-state index contributed by atoms with van der Waals surface area (Å²) in [5, 5.41) is 0. The Morgan fingerprint density at radius 1 is 1.17 bits per heavy atom. The maximum Gasteiger partial charge on any atom is 0.311 e. The number of aromatic nitrogens is 1. The zero-order valence-corrected chi connectivity index (χ0v) is 13.5. The highest BCUT2D eigenvalue weighted by Crippen LogP contribution is 2.19. The Labute approximate surface area is 134 Å². The maximum absolute atomic E-state index is 12.4. The Morgan fingerprint density at radius 2 is 1.91 bits per heavy atom. The summed E-state index contributed by atoms with van der Waals surface area (Å²) in [5.41, 5.74) is 0.405. The molecule has 1 heterocycles. The van der Waals surface area contributed by atoms with E-state index in [1.54, 1.807) is 24.3 Å². The number of hydrogen-bond donors (Lipinski definition) is 1. The first kappa shape index (κ1) is 16.8. The van der Waals surface area contributed by atoms with E-state index in [4.69, 9.17) is 4.74 Å². The van der Waals surface area contributed by atoms with Gasteiger partial charge in [-0.3, -0.25) is 9.52 Å². The molecule has 0 aliphatic carbocycles. The van der Waals surface area contributed by atoms with Crippen LogP contribution in [0.5, 0.6) is 5.75 Å². The second kappa shape index (κ2) is 7.10. The number of ether oxygens (including phenoxy) is 2. The summed E-state index contributed by atoms with van der Waals surface area (Å²) in [6, 6.07) is 10.8. The Bertz CT molecular complexity index is 805. The van der Waals surface area contributed by atoms with E-state index >= 15 is 0 Å². The first-order valence-corrected chi connectivity index (χ1v) is 8.12. The van der Waals surface area contributed by atoms with Gasteiger partial charge >= 0.3 is 5.97 Å². The molecule has 1 aromatic carbocycles. The summed E-state index contributed by atoms with van der Waals surface area (Å²) < 4.78 is 36.7. The fourth-order valence-corrected chi connectivity index (χ4v) is 2.86. The van der Waals surface area contributed by atoms with E-state index in [9.17, 15) is 13.2 Å². The number of esters is 1. The van der Waals surface area contributed by atoms with Crippen LogP contribution in [0.1, 0.15) is 5.69 Å². The third kappa shape index (κ3) is 4.43. The van der Waals surface area contributed by atoms with Crippen molar-refractivity contribution in [2.75, 3.05) is 18.9 Å². The molecule has 0 bridgehead atoms. The van der Waals surface area contributed by atoms with Crippen molar-refractivity contribution in [2.24, 2.45) is 0 Å². The van der Waals surface area contributed by atoms with Gasteiger partial charge in [-0.1, -0.05) is 12.1 Å². The molecule has 0 fully saturated rings. The fourth-order valence-electron chi connectivity index (χ4n) is 1.82. The fraction of sp³-hybridized carbons (Fsp3) is 0.200. The van der Waals surface area contributed by atoms with Crippen LogP contribution in [0.25, 0.3) is 0 Å². The number of rotatable bonds is 6. The van der Waals surface area contributed by atoms with Gasteiger partial charge in [-0.25, -0.2) is 13.4 Å². The van der Waals surface area contributed by atoms with Gasteiger partial charge in [-0.2, -0.15) is 0 Å². The number of nitrogens with zero attached hydrogens (tertiary/aromatic N) is 1. The Morgan fingerprint density at radius 3 is 2.61 bits per heavy atom. The number of pyridine rings is 1. The predicted octanol–water partition coefficient (Wildman–Crippen LogP) is 1.61. The monoisotopic (exact) mass is 336 g/mol.